The van der Waals surface area contributed by atoms with E-state index in [0.717, 1.165) is 0 Å². The lowest BCUT2D eigenvalue weighted by molar-refractivity contribution is 0.383. The molecule has 0 radical (unpaired) electrons. The van der Waals surface area contributed by atoms with E-state index < -0.39 is 0 Å². The molecule has 56 valence electrons. The molecule has 10 heavy (non-hydrogen) atoms. The summed E-state index contributed by atoms with van der Waals surface area (Å²) in [4.78, 5) is 0.657. The third kappa shape index (κ3) is 1.09. The average Bonchev–Trinajstić information content (AvgIpc) is 2.17. The molecule has 2 N–H and O–H groups in total. The summed E-state index contributed by atoms with van der Waals surface area (Å²) >= 11 is 1.32. The molecule has 5 heteroatoms. The summed E-state index contributed by atoms with van der Waals surface area (Å²) in [5.74, 6) is 0.167. The molecule has 1 heterocycles. The van der Waals surface area contributed by atoms with Crippen LogP contribution in [0.4, 0.5) is 0 Å². The largest absolute Gasteiger partial charge is 0.494 e. The lowest BCUT2D eigenvalue weighted by atomic mass is 10.6. The Hall–Kier alpha value is -0.340. The molecule has 0 aliphatic heterocycles. The van der Waals surface area contributed by atoms with Gasteiger partial charge in [-0.3, -0.25) is 4.57 Å². The fraction of sp³-hybridized carbons (Fsp3) is 0.200. The van der Waals surface area contributed by atoms with Gasteiger partial charge in [-0.2, -0.15) is 0 Å². The van der Waals surface area contributed by atoms with Crippen LogP contribution in [0.2, 0.25) is 0 Å². The zero-order valence-corrected chi connectivity index (χ0v) is 7.38. The first kappa shape index (κ1) is 7.76. The molecule has 1 rings (SSSR count). The van der Waals surface area contributed by atoms with Crippen molar-refractivity contribution >= 4 is 19.8 Å². The van der Waals surface area contributed by atoms with Crippen molar-refractivity contribution < 1.29 is 10.2 Å². The van der Waals surface area contributed by atoms with Crippen LogP contribution in [0, 0.1) is 0 Å². The Morgan fingerprint density at radius 3 is 2.40 bits per heavy atom. The Morgan fingerprint density at radius 1 is 1.60 bits per heavy atom. The van der Waals surface area contributed by atoms with Crippen molar-refractivity contribution in [3.63, 3.8) is 0 Å². The van der Waals surface area contributed by atoms with Crippen LogP contribution in [0.5, 0.6) is 11.8 Å². The molecule has 0 aliphatic rings. The molecular formula is C5H8NO2PS. The number of nitrogens with zero attached hydrogens (tertiary/aromatic N) is 1. The highest BCUT2D eigenvalue weighted by molar-refractivity contribution is 8.43. The van der Waals surface area contributed by atoms with Gasteiger partial charge in [0.05, 0.1) is 4.90 Å². The Morgan fingerprint density at radius 2 is 2.20 bits per heavy atom. The van der Waals surface area contributed by atoms with Gasteiger partial charge < -0.3 is 10.2 Å². The minimum absolute atomic E-state index is 0.0717. The molecule has 1 aromatic heterocycles. The third-order valence-electron chi connectivity index (χ3n) is 1.27. The molecule has 0 fully saturated rings. The van der Waals surface area contributed by atoms with Gasteiger partial charge in [-0.1, -0.05) is 19.8 Å². The van der Waals surface area contributed by atoms with Crippen molar-refractivity contribution in [3.05, 3.63) is 6.07 Å². The molecule has 1 aromatic rings. The third-order valence-corrected chi connectivity index (χ3v) is 2.59. The Labute approximate surface area is 65.0 Å². The van der Waals surface area contributed by atoms with Crippen LogP contribution in [0.3, 0.4) is 0 Å². The van der Waals surface area contributed by atoms with E-state index in [-0.39, 0.29) is 11.8 Å². The Balaban J connectivity index is 3.17. The maximum absolute atomic E-state index is 9.19. The lowest BCUT2D eigenvalue weighted by Crippen LogP contribution is -1.83. The Kier molecular flexibility index (Phi) is 2.11. The van der Waals surface area contributed by atoms with Gasteiger partial charge in [0.2, 0.25) is 5.88 Å². The van der Waals surface area contributed by atoms with Crippen molar-refractivity contribution in [3.8, 4) is 11.8 Å². The van der Waals surface area contributed by atoms with Crippen LogP contribution < -0.4 is 0 Å². The second kappa shape index (κ2) is 2.72. The monoisotopic (exact) mass is 177 g/mol. The van der Waals surface area contributed by atoms with Crippen LogP contribution in [-0.4, -0.2) is 14.8 Å². The van der Waals surface area contributed by atoms with E-state index in [0.29, 0.717) is 4.90 Å². The summed E-state index contributed by atoms with van der Waals surface area (Å²) in [6.07, 6.45) is 0. The summed E-state index contributed by atoms with van der Waals surface area (Å²) < 4.78 is 1.31. The number of aromatic hydroxyl groups is 2. The normalized spacial score (nSPS) is 10.2. The molecule has 1 atom stereocenters. The van der Waals surface area contributed by atoms with Gasteiger partial charge in [0, 0.05) is 13.1 Å². The number of rotatable bonds is 1. The summed E-state index contributed by atoms with van der Waals surface area (Å²) in [7, 11) is 3.99. The molecule has 1 unspecified atom stereocenters. The summed E-state index contributed by atoms with van der Waals surface area (Å²) in [5, 5.41) is 18.2. The van der Waals surface area contributed by atoms with Gasteiger partial charge >= 0.3 is 0 Å². The van der Waals surface area contributed by atoms with E-state index in [9.17, 15) is 5.11 Å². The van der Waals surface area contributed by atoms with Gasteiger partial charge in [-0.15, -0.1) is 0 Å². The minimum Gasteiger partial charge on any atom is -0.494 e. The first-order valence-electron chi connectivity index (χ1n) is 2.61. The quantitative estimate of drug-likeness (QED) is 0.636. The predicted molar refractivity (Wildman–Crippen MR) is 44.3 cm³/mol. The van der Waals surface area contributed by atoms with Crippen molar-refractivity contribution in [2.45, 2.75) is 4.90 Å². The second-order valence-electron chi connectivity index (χ2n) is 1.87. The van der Waals surface area contributed by atoms with E-state index in [2.05, 4.69) is 8.44 Å². The van der Waals surface area contributed by atoms with Crippen LogP contribution in [0.15, 0.2) is 11.0 Å². The maximum atomic E-state index is 9.19. The van der Waals surface area contributed by atoms with Crippen LogP contribution in [0.1, 0.15) is 0 Å². The van der Waals surface area contributed by atoms with Crippen molar-refractivity contribution in [2.75, 3.05) is 0 Å². The smallest absolute Gasteiger partial charge is 0.208 e. The highest BCUT2D eigenvalue weighted by Gasteiger charge is 2.08. The molecule has 3 nitrogen and oxygen atoms in total. The fourth-order valence-corrected chi connectivity index (χ4v) is 1.58. The molecule has 0 aromatic carbocycles. The fourth-order valence-electron chi connectivity index (χ4n) is 0.639. The van der Waals surface area contributed by atoms with Gasteiger partial charge in [-0.05, 0) is 0 Å². The number of hydrogen-bond donors (Lipinski definition) is 2. The topological polar surface area (TPSA) is 45.4 Å². The van der Waals surface area contributed by atoms with Crippen LogP contribution in [0.25, 0.3) is 0 Å². The first-order valence-corrected chi connectivity index (χ1v) is 4.90. The van der Waals surface area contributed by atoms with Crippen molar-refractivity contribution in [1.82, 2.24) is 4.57 Å². The second-order valence-corrected chi connectivity index (χ2v) is 3.25. The SMILES string of the molecule is Cn1c(O)cc(SP)c1O. The minimum atomic E-state index is 0.0717. The molecule has 0 spiro atoms. The van der Waals surface area contributed by atoms with Crippen molar-refractivity contribution in [1.29, 1.82) is 0 Å². The van der Waals surface area contributed by atoms with E-state index in [1.807, 2.05) is 0 Å². The molecule has 0 saturated carbocycles. The molecular weight excluding hydrogens is 169 g/mol. The first-order chi connectivity index (χ1) is 4.66. The van der Waals surface area contributed by atoms with Gasteiger partial charge in [-0.25, -0.2) is 0 Å². The predicted octanol–water partition coefficient (Wildman–Crippen LogP) is 1.32. The summed E-state index contributed by atoms with van der Waals surface area (Å²) in [6, 6.07) is 1.51. The van der Waals surface area contributed by atoms with Crippen LogP contribution >= 0.6 is 19.8 Å². The van der Waals surface area contributed by atoms with E-state index in [4.69, 9.17) is 5.11 Å². The highest BCUT2D eigenvalue weighted by atomic mass is 32.7. The molecule has 0 amide bonds. The molecule has 0 aliphatic carbocycles. The molecule has 0 saturated heterocycles. The number of aromatic nitrogens is 1. The molecule has 0 bridgehead atoms. The highest BCUT2D eigenvalue weighted by Crippen LogP contribution is 2.37. The maximum Gasteiger partial charge on any atom is 0.208 e. The average molecular weight is 177 g/mol. The standard InChI is InChI=1S/C5H8NO2PS/c1-6-4(7)2-3(10-9)5(6)8/h2,7-8H,9H2,1H3. The number of hydrogen-bond acceptors (Lipinski definition) is 3. The van der Waals surface area contributed by atoms with Gasteiger partial charge in [0.15, 0.2) is 5.88 Å². The summed E-state index contributed by atoms with van der Waals surface area (Å²) in [5.41, 5.74) is 0. The summed E-state index contributed by atoms with van der Waals surface area (Å²) in [6.45, 7) is 0. The van der Waals surface area contributed by atoms with E-state index in [1.54, 1.807) is 7.05 Å². The van der Waals surface area contributed by atoms with E-state index in [1.165, 1.54) is 22.0 Å². The van der Waals surface area contributed by atoms with Crippen LogP contribution in [-0.2, 0) is 7.05 Å². The zero-order chi connectivity index (χ0) is 7.72. The Bertz CT molecular complexity index is 248. The van der Waals surface area contributed by atoms with Gasteiger partial charge in [0.25, 0.3) is 0 Å². The van der Waals surface area contributed by atoms with Gasteiger partial charge in [0.1, 0.15) is 0 Å². The van der Waals surface area contributed by atoms with Crippen molar-refractivity contribution in [2.24, 2.45) is 7.05 Å². The zero-order valence-electron chi connectivity index (χ0n) is 5.40. The lowest BCUT2D eigenvalue weighted by Gasteiger charge is -1.95. The van der Waals surface area contributed by atoms with E-state index >= 15 is 0 Å².